The fourth-order valence-corrected chi connectivity index (χ4v) is 1.58. The van der Waals surface area contributed by atoms with Gasteiger partial charge in [-0.3, -0.25) is 9.59 Å². The van der Waals surface area contributed by atoms with Crippen LogP contribution in [0.2, 0.25) is 0 Å². The van der Waals surface area contributed by atoms with E-state index in [1.807, 2.05) is 12.1 Å². The highest BCUT2D eigenvalue weighted by molar-refractivity contribution is 5.79. The number of ether oxygens (including phenoxy) is 1. The van der Waals surface area contributed by atoms with Crippen molar-refractivity contribution in [3.05, 3.63) is 29.8 Å². The number of nitrogen functional groups attached to an aromatic ring is 1. The summed E-state index contributed by atoms with van der Waals surface area (Å²) in [4.78, 5) is 23.3. The molecule has 1 atom stereocenters. The topological polar surface area (TPSA) is 81.4 Å². The number of anilines is 1. The van der Waals surface area contributed by atoms with Gasteiger partial charge in [-0.2, -0.15) is 0 Å². The van der Waals surface area contributed by atoms with E-state index in [0.717, 1.165) is 5.56 Å². The van der Waals surface area contributed by atoms with E-state index in [4.69, 9.17) is 10.5 Å². The largest absolute Gasteiger partial charge is 0.463 e. The molecule has 0 aliphatic rings. The van der Waals surface area contributed by atoms with Crippen LogP contribution in [-0.2, 0) is 20.7 Å². The Morgan fingerprint density at radius 1 is 1.20 bits per heavy atom. The van der Waals surface area contributed by atoms with Gasteiger partial charge >= 0.3 is 5.97 Å². The molecule has 1 aromatic rings. The number of amides is 1. The van der Waals surface area contributed by atoms with Crippen molar-refractivity contribution >= 4 is 17.6 Å². The lowest BCUT2D eigenvalue weighted by Crippen LogP contribution is -2.34. The minimum Gasteiger partial charge on any atom is -0.463 e. The summed E-state index contributed by atoms with van der Waals surface area (Å²) in [7, 11) is 0. The maximum Gasteiger partial charge on any atom is 0.310 e. The fourth-order valence-electron chi connectivity index (χ4n) is 1.58. The molecule has 0 saturated carbocycles. The van der Waals surface area contributed by atoms with Gasteiger partial charge in [0.2, 0.25) is 5.91 Å². The zero-order valence-electron chi connectivity index (χ0n) is 12.2. The summed E-state index contributed by atoms with van der Waals surface area (Å²) in [6, 6.07) is 7.13. The second kappa shape index (κ2) is 7.53. The molecular formula is C15H22N2O3. The van der Waals surface area contributed by atoms with Gasteiger partial charge < -0.3 is 15.8 Å². The summed E-state index contributed by atoms with van der Waals surface area (Å²) in [5, 5.41) is 2.73. The number of nitrogens with two attached hydrogens (primary N) is 1. The molecule has 1 amide bonds. The number of benzene rings is 1. The molecule has 0 radical (unpaired) electrons. The summed E-state index contributed by atoms with van der Waals surface area (Å²) < 4.78 is 5.07. The Bertz CT molecular complexity index is 455. The van der Waals surface area contributed by atoms with Crippen LogP contribution in [0.4, 0.5) is 5.69 Å². The molecule has 0 fully saturated rings. The molecular weight excluding hydrogens is 256 g/mol. The smallest absolute Gasteiger partial charge is 0.310 e. The zero-order valence-corrected chi connectivity index (χ0v) is 12.2. The summed E-state index contributed by atoms with van der Waals surface area (Å²) in [6.07, 6.45) is 0.127. The van der Waals surface area contributed by atoms with Crippen molar-refractivity contribution in [3.63, 3.8) is 0 Å². The first-order valence-electron chi connectivity index (χ1n) is 6.70. The lowest BCUT2D eigenvalue weighted by Gasteiger charge is -2.14. The fraction of sp³-hybridized carbons (Fsp3) is 0.467. The molecule has 0 heterocycles. The Morgan fingerprint density at radius 2 is 1.80 bits per heavy atom. The first-order chi connectivity index (χ1) is 9.38. The monoisotopic (exact) mass is 278 g/mol. The van der Waals surface area contributed by atoms with Crippen molar-refractivity contribution in [1.29, 1.82) is 0 Å². The molecule has 110 valence electrons. The molecule has 0 saturated heterocycles. The third-order valence-electron chi connectivity index (χ3n) is 2.70. The van der Waals surface area contributed by atoms with Crippen molar-refractivity contribution in [2.24, 2.45) is 5.92 Å². The molecule has 1 unspecified atom stereocenters. The maximum absolute atomic E-state index is 11.8. The molecule has 0 aliphatic carbocycles. The zero-order chi connectivity index (χ0) is 15.1. The van der Waals surface area contributed by atoms with E-state index in [1.165, 1.54) is 0 Å². The normalized spacial score (nSPS) is 12.0. The number of hydrogen-bond donors (Lipinski definition) is 2. The molecule has 0 aromatic heterocycles. The molecule has 20 heavy (non-hydrogen) atoms. The Hall–Kier alpha value is -2.04. The minimum atomic E-state index is -0.354. The van der Waals surface area contributed by atoms with E-state index in [-0.39, 0.29) is 36.9 Å². The standard InChI is InChI=1S/C15H22N2O3/c1-10(2)20-15(19)11(3)9-17-14(18)8-12-4-6-13(16)7-5-12/h4-7,10-11H,8-9,16H2,1-3H3,(H,17,18). The number of rotatable bonds is 6. The van der Waals surface area contributed by atoms with Crippen molar-refractivity contribution in [2.45, 2.75) is 33.3 Å². The Labute approximate surface area is 119 Å². The van der Waals surface area contributed by atoms with E-state index in [9.17, 15) is 9.59 Å². The summed E-state index contributed by atoms with van der Waals surface area (Å²) in [5.74, 6) is -0.778. The number of carbonyl (C=O) groups excluding carboxylic acids is 2. The summed E-state index contributed by atoms with van der Waals surface area (Å²) >= 11 is 0. The van der Waals surface area contributed by atoms with Crippen LogP contribution in [0, 0.1) is 5.92 Å². The minimum absolute atomic E-state index is 0.126. The van der Waals surface area contributed by atoms with Crippen molar-refractivity contribution in [3.8, 4) is 0 Å². The van der Waals surface area contributed by atoms with Crippen LogP contribution in [0.1, 0.15) is 26.3 Å². The van der Waals surface area contributed by atoms with Crippen molar-refractivity contribution in [1.82, 2.24) is 5.32 Å². The van der Waals surface area contributed by atoms with E-state index in [2.05, 4.69) is 5.32 Å². The van der Waals surface area contributed by atoms with Crippen LogP contribution < -0.4 is 11.1 Å². The number of hydrogen-bond acceptors (Lipinski definition) is 4. The second-order valence-electron chi connectivity index (χ2n) is 5.11. The quantitative estimate of drug-likeness (QED) is 0.610. The van der Waals surface area contributed by atoms with Crippen LogP contribution in [0.5, 0.6) is 0 Å². The van der Waals surface area contributed by atoms with E-state index >= 15 is 0 Å². The maximum atomic E-state index is 11.8. The van der Waals surface area contributed by atoms with Gasteiger partial charge in [-0.05, 0) is 31.5 Å². The highest BCUT2D eigenvalue weighted by atomic mass is 16.5. The SMILES string of the molecule is CC(C)OC(=O)C(C)CNC(=O)Cc1ccc(N)cc1. The Morgan fingerprint density at radius 3 is 2.35 bits per heavy atom. The third kappa shape index (κ3) is 5.73. The van der Waals surface area contributed by atoms with Gasteiger partial charge in [-0.25, -0.2) is 0 Å². The van der Waals surface area contributed by atoms with E-state index in [0.29, 0.717) is 5.69 Å². The van der Waals surface area contributed by atoms with Crippen LogP contribution >= 0.6 is 0 Å². The van der Waals surface area contributed by atoms with Gasteiger partial charge in [-0.1, -0.05) is 19.1 Å². The molecule has 5 nitrogen and oxygen atoms in total. The molecule has 3 N–H and O–H groups in total. The molecule has 0 aliphatic heterocycles. The molecule has 0 spiro atoms. The van der Waals surface area contributed by atoms with E-state index < -0.39 is 0 Å². The lowest BCUT2D eigenvalue weighted by molar-refractivity contribution is -0.151. The number of carbonyl (C=O) groups is 2. The van der Waals surface area contributed by atoms with Gasteiger partial charge in [-0.15, -0.1) is 0 Å². The highest BCUT2D eigenvalue weighted by Gasteiger charge is 2.16. The number of esters is 1. The molecule has 0 bridgehead atoms. The summed E-state index contributed by atoms with van der Waals surface area (Å²) in [6.45, 7) is 5.60. The van der Waals surface area contributed by atoms with Crippen molar-refractivity contribution in [2.75, 3.05) is 12.3 Å². The predicted molar refractivity (Wildman–Crippen MR) is 78.0 cm³/mol. The molecule has 1 rings (SSSR count). The van der Waals surface area contributed by atoms with Gasteiger partial charge in [0.25, 0.3) is 0 Å². The first-order valence-corrected chi connectivity index (χ1v) is 6.70. The van der Waals surface area contributed by atoms with Crippen LogP contribution in [0.3, 0.4) is 0 Å². The molecule has 5 heteroatoms. The van der Waals surface area contributed by atoms with Crippen molar-refractivity contribution < 1.29 is 14.3 Å². The summed E-state index contributed by atoms with van der Waals surface area (Å²) in [5.41, 5.74) is 7.13. The molecule has 1 aromatic carbocycles. The highest BCUT2D eigenvalue weighted by Crippen LogP contribution is 2.06. The predicted octanol–water partition coefficient (Wildman–Crippen LogP) is 1.52. The third-order valence-corrected chi connectivity index (χ3v) is 2.70. The van der Waals surface area contributed by atoms with Gasteiger partial charge in [0.05, 0.1) is 18.4 Å². The van der Waals surface area contributed by atoms with Crippen LogP contribution in [0.15, 0.2) is 24.3 Å². The van der Waals surface area contributed by atoms with E-state index in [1.54, 1.807) is 32.9 Å². The average molecular weight is 278 g/mol. The van der Waals surface area contributed by atoms with Crippen LogP contribution in [-0.4, -0.2) is 24.5 Å². The average Bonchev–Trinajstić information content (AvgIpc) is 2.38. The lowest BCUT2D eigenvalue weighted by atomic mass is 10.1. The van der Waals surface area contributed by atoms with Crippen LogP contribution in [0.25, 0.3) is 0 Å². The van der Waals surface area contributed by atoms with Gasteiger partial charge in [0.1, 0.15) is 0 Å². The van der Waals surface area contributed by atoms with Gasteiger partial charge in [0.15, 0.2) is 0 Å². The second-order valence-corrected chi connectivity index (χ2v) is 5.11. The Balaban J connectivity index is 2.36. The Kier molecular flexibility index (Phi) is 6.03. The number of nitrogens with one attached hydrogen (secondary N) is 1. The van der Waals surface area contributed by atoms with Gasteiger partial charge in [0, 0.05) is 12.2 Å². The first kappa shape index (κ1) is 16.0.